The molecule has 3 fully saturated rings. The Morgan fingerprint density at radius 1 is 1.15 bits per heavy atom. The lowest BCUT2D eigenvalue weighted by Crippen LogP contribution is -2.76. The van der Waals surface area contributed by atoms with Gasteiger partial charge in [-0.05, 0) is 55.7 Å². The molecule has 2 N–H and O–H groups in total. The average molecular weight is 441 g/mol. The largest absolute Gasteiger partial charge is 0.420 e. The highest BCUT2D eigenvalue weighted by Gasteiger charge is 2.92. The Kier molecular flexibility index (Phi) is 3.92. The van der Waals surface area contributed by atoms with Gasteiger partial charge in [-0.25, -0.2) is 4.79 Å². The van der Waals surface area contributed by atoms with Crippen LogP contribution in [0.5, 0.6) is 5.75 Å². The number of ketones is 1. The molecule has 33 heavy (non-hydrogen) atoms. The molecule has 6 rings (SSSR count). The summed E-state index contributed by atoms with van der Waals surface area (Å²) < 4.78 is 11.9. The van der Waals surface area contributed by atoms with Crippen LogP contribution in [-0.2, 0) is 9.53 Å². The van der Waals surface area contributed by atoms with Gasteiger partial charge < -0.3 is 19.7 Å². The van der Waals surface area contributed by atoms with Gasteiger partial charge in [0, 0.05) is 6.08 Å². The third kappa shape index (κ3) is 2.37. The summed E-state index contributed by atoms with van der Waals surface area (Å²) in [6, 6.07) is 7.35. The highest BCUT2D eigenvalue weighted by Crippen LogP contribution is 2.72. The minimum absolute atomic E-state index is 0.173. The van der Waals surface area contributed by atoms with Crippen molar-refractivity contribution in [2.45, 2.75) is 47.7 Å². The Morgan fingerprint density at radius 2 is 1.94 bits per heavy atom. The molecule has 164 valence electrons. The normalized spacial score (nSPS) is 39.9. The van der Waals surface area contributed by atoms with E-state index < -0.39 is 34.5 Å². The molecule has 0 aromatic heterocycles. The van der Waals surface area contributed by atoms with Crippen molar-refractivity contribution in [2.75, 3.05) is 0 Å². The van der Waals surface area contributed by atoms with Gasteiger partial charge in [0.25, 0.3) is 0 Å². The van der Waals surface area contributed by atoms with E-state index in [1.165, 1.54) is 35.3 Å². The molecule has 7 heteroatoms. The van der Waals surface area contributed by atoms with Crippen molar-refractivity contribution in [1.82, 2.24) is 4.90 Å². The molecule has 2 saturated heterocycles. The van der Waals surface area contributed by atoms with Gasteiger partial charge in [-0.15, -0.1) is 0 Å². The van der Waals surface area contributed by atoms with Crippen molar-refractivity contribution in [3.05, 3.63) is 66.4 Å². The molecular weight excluding hydrogens is 422 g/mol. The zero-order valence-electron chi connectivity index (χ0n) is 17.4. The Labute approximate surface area is 190 Å². The van der Waals surface area contributed by atoms with Crippen molar-refractivity contribution >= 4 is 11.9 Å². The monoisotopic (exact) mass is 441 g/mol. The molecule has 4 bridgehead atoms. The summed E-state index contributed by atoms with van der Waals surface area (Å²) in [7, 11) is 0. The van der Waals surface area contributed by atoms with Gasteiger partial charge in [-0.2, -0.15) is 0 Å². The Balaban J connectivity index is 1.58. The van der Waals surface area contributed by atoms with E-state index >= 15 is 0 Å². The van der Waals surface area contributed by atoms with Crippen LogP contribution in [0.25, 0.3) is 0 Å². The first kappa shape index (κ1) is 20.0. The third-order valence-corrected chi connectivity index (χ3v) is 7.09. The first-order valence-corrected chi connectivity index (χ1v) is 10.7. The van der Waals surface area contributed by atoms with Crippen molar-refractivity contribution in [1.29, 1.82) is 0 Å². The quantitative estimate of drug-likeness (QED) is 0.508. The van der Waals surface area contributed by atoms with Gasteiger partial charge in [0.15, 0.2) is 22.6 Å². The van der Waals surface area contributed by atoms with Gasteiger partial charge in [0.2, 0.25) is 0 Å². The predicted molar refractivity (Wildman–Crippen MR) is 115 cm³/mol. The van der Waals surface area contributed by atoms with E-state index in [4.69, 9.17) is 9.47 Å². The van der Waals surface area contributed by atoms with Crippen LogP contribution in [0.3, 0.4) is 0 Å². The molecule has 1 aromatic rings. The second-order valence-electron chi connectivity index (χ2n) is 8.77. The van der Waals surface area contributed by atoms with Crippen molar-refractivity contribution in [3.8, 4) is 29.4 Å². The van der Waals surface area contributed by atoms with E-state index in [0.717, 1.165) is 0 Å². The van der Waals surface area contributed by atoms with Crippen LogP contribution in [-0.4, -0.2) is 55.4 Å². The molecule has 3 aliphatic carbocycles. The molecule has 0 unspecified atom stereocenters. The number of allylic oxidation sites excluding steroid dienone is 4. The van der Waals surface area contributed by atoms with E-state index in [-0.39, 0.29) is 24.3 Å². The molecule has 2 heterocycles. The van der Waals surface area contributed by atoms with Gasteiger partial charge in [0.1, 0.15) is 17.4 Å². The van der Waals surface area contributed by atoms with E-state index in [1.54, 1.807) is 30.3 Å². The van der Waals surface area contributed by atoms with Crippen LogP contribution < -0.4 is 4.74 Å². The van der Waals surface area contributed by atoms with E-state index in [9.17, 15) is 19.8 Å². The summed E-state index contributed by atoms with van der Waals surface area (Å²) >= 11 is 0. The summed E-state index contributed by atoms with van der Waals surface area (Å²) in [6.45, 7) is 0. The Hall–Kier alpha value is -3.62. The molecule has 1 saturated carbocycles. The molecule has 1 amide bonds. The molecular formula is C26H19NO6. The lowest BCUT2D eigenvalue weighted by atomic mass is 9.55. The van der Waals surface area contributed by atoms with Crippen LogP contribution >= 0.6 is 0 Å². The summed E-state index contributed by atoms with van der Waals surface area (Å²) in [5.41, 5.74) is -6.33. The number of carbonyl (C=O) groups excluding carboxylic acids is 2. The van der Waals surface area contributed by atoms with Crippen LogP contribution in [0, 0.1) is 23.7 Å². The average Bonchev–Trinajstić information content (AvgIpc) is 3.48. The van der Waals surface area contributed by atoms with Crippen LogP contribution in [0.4, 0.5) is 4.79 Å². The number of hydrogen-bond donors (Lipinski definition) is 2. The van der Waals surface area contributed by atoms with Gasteiger partial charge >= 0.3 is 6.09 Å². The number of hydrogen-bond acceptors (Lipinski definition) is 6. The van der Waals surface area contributed by atoms with Crippen LogP contribution in [0.2, 0.25) is 0 Å². The number of carbonyl (C=O) groups is 2. The van der Waals surface area contributed by atoms with Crippen molar-refractivity contribution in [3.63, 3.8) is 0 Å². The number of amides is 1. The standard InChI is InChI=1S/C26H19NO6/c28-18-12-16-25-21(17-18)27(22(29)32-19-9-4-3-5-10-19)20-11-6-1-2-7-13-23(30)14-8-15-24(20,31)26(23,25)33-25/h1-5,9-10,12,16-17,20,30-31H,8,14-15H2/b2-1-/t20-,23+,24-,25+,26-/m0/s1. The number of piperidine rings is 1. The van der Waals surface area contributed by atoms with Crippen LogP contribution in [0.1, 0.15) is 19.3 Å². The fourth-order valence-corrected chi connectivity index (χ4v) is 5.78. The lowest BCUT2D eigenvalue weighted by Gasteiger charge is -2.55. The maximum absolute atomic E-state index is 13.5. The number of epoxide rings is 1. The number of para-hydroxylation sites is 1. The topological polar surface area (TPSA) is 99.6 Å². The SMILES string of the molecule is O=C1C=C[C@]23O[C@]24[C@@]2(O)C#C/C=C\C#C[C@H](N(C(=O)Oc5ccccc5)C3=C1)[C@@]4(O)CCC2. The third-order valence-electron chi connectivity index (χ3n) is 7.09. The molecule has 7 nitrogen and oxygen atoms in total. The molecule has 0 radical (unpaired) electrons. The number of rotatable bonds is 1. The van der Waals surface area contributed by atoms with Crippen LogP contribution in [0.15, 0.2) is 66.4 Å². The zero-order chi connectivity index (χ0) is 22.9. The van der Waals surface area contributed by atoms with E-state index in [0.29, 0.717) is 12.2 Å². The Morgan fingerprint density at radius 3 is 2.76 bits per heavy atom. The van der Waals surface area contributed by atoms with E-state index in [2.05, 4.69) is 23.7 Å². The molecule has 5 aliphatic rings. The number of aliphatic hydroxyl groups is 2. The second-order valence-corrected chi connectivity index (χ2v) is 8.77. The number of likely N-dealkylation sites (tertiary alicyclic amines) is 1. The summed E-state index contributed by atoms with van der Waals surface area (Å²) in [5, 5.41) is 23.9. The predicted octanol–water partition coefficient (Wildman–Crippen LogP) is 1.62. The molecule has 2 aliphatic heterocycles. The summed E-state index contributed by atoms with van der Waals surface area (Å²) in [6.07, 6.45) is 7.20. The minimum atomic E-state index is -1.77. The summed E-state index contributed by atoms with van der Waals surface area (Å²) in [5.74, 6) is 11.4. The van der Waals surface area contributed by atoms with E-state index in [1.807, 2.05) is 0 Å². The molecule has 1 aromatic carbocycles. The number of benzene rings is 1. The lowest BCUT2D eigenvalue weighted by molar-refractivity contribution is -0.170. The van der Waals surface area contributed by atoms with Crippen molar-refractivity contribution < 1.29 is 29.3 Å². The fraction of sp³-hybridized carbons (Fsp3) is 0.308. The highest BCUT2D eigenvalue weighted by molar-refractivity contribution is 6.02. The number of nitrogens with zero attached hydrogens (tertiary/aromatic N) is 1. The number of ether oxygens (including phenoxy) is 2. The maximum Gasteiger partial charge on any atom is 0.420 e. The molecule has 2 spiro atoms. The fourth-order valence-electron chi connectivity index (χ4n) is 5.78. The van der Waals surface area contributed by atoms with Gasteiger partial charge in [0.05, 0.1) is 5.70 Å². The van der Waals surface area contributed by atoms with Gasteiger partial charge in [-0.1, -0.05) is 41.9 Å². The first-order chi connectivity index (χ1) is 15.9. The zero-order valence-corrected chi connectivity index (χ0v) is 17.4. The minimum Gasteiger partial charge on any atom is -0.410 e. The smallest absolute Gasteiger partial charge is 0.410 e. The second kappa shape index (κ2) is 6.46. The first-order valence-electron chi connectivity index (χ1n) is 10.7. The maximum atomic E-state index is 13.5. The highest BCUT2D eigenvalue weighted by atomic mass is 16.7. The van der Waals surface area contributed by atoms with Gasteiger partial charge in [-0.3, -0.25) is 9.69 Å². The summed E-state index contributed by atoms with van der Waals surface area (Å²) in [4.78, 5) is 27.1. The van der Waals surface area contributed by atoms with Crippen molar-refractivity contribution in [2.24, 2.45) is 0 Å². The Bertz CT molecular complexity index is 1310. The molecule has 5 atom stereocenters.